The van der Waals surface area contributed by atoms with Crippen LogP contribution in [0.2, 0.25) is 5.02 Å². The smallest absolute Gasteiger partial charge is 0.321 e. The van der Waals surface area contributed by atoms with Crippen LogP contribution >= 0.6 is 11.6 Å². The van der Waals surface area contributed by atoms with Crippen LogP contribution in [0.1, 0.15) is 18.5 Å². The summed E-state index contributed by atoms with van der Waals surface area (Å²) in [4.78, 5) is 26.4. The Bertz CT molecular complexity index is 1030. The van der Waals surface area contributed by atoms with Crippen molar-refractivity contribution in [2.24, 2.45) is 0 Å². The van der Waals surface area contributed by atoms with E-state index >= 15 is 0 Å². The monoisotopic (exact) mass is 422 g/mol. The maximum atomic E-state index is 12.7. The zero-order valence-electron chi connectivity index (χ0n) is 16.7. The van der Waals surface area contributed by atoms with Gasteiger partial charge in [0, 0.05) is 29.1 Å². The lowest BCUT2D eigenvalue weighted by Crippen LogP contribution is -2.33. The molecule has 0 saturated carbocycles. The van der Waals surface area contributed by atoms with E-state index in [-0.39, 0.29) is 18.1 Å². The van der Waals surface area contributed by atoms with E-state index in [4.69, 9.17) is 11.6 Å². The first-order valence-corrected chi connectivity index (χ1v) is 9.83. The molecule has 0 saturated heterocycles. The van der Waals surface area contributed by atoms with Gasteiger partial charge < -0.3 is 20.9 Å². The number of para-hydroxylation sites is 1. The van der Waals surface area contributed by atoms with Gasteiger partial charge in [-0.15, -0.1) is 0 Å². The SMILES string of the molecule is CC(c1ccccc1Cl)N(C)C(=O)Nc1cccc(NC(=O)Nc2ccccc2)c1. The van der Waals surface area contributed by atoms with Crippen LogP contribution in [-0.2, 0) is 0 Å². The van der Waals surface area contributed by atoms with Gasteiger partial charge in [0.15, 0.2) is 0 Å². The first-order chi connectivity index (χ1) is 14.4. The lowest BCUT2D eigenvalue weighted by atomic mass is 10.1. The number of carbonyl (C=O) groups excluding carboxylic acids is 2. The molecule has 0 aliphatic carbocycles. The van der Waals surface area contributed by atoms with Gasteiger partial charge in [-0.25, -0.2) is 9.59 Å². The normalized spacial score (nSPS) is 11.3. The molecule has 0 spiro atoms. The number of anilines is 3. The quantitative estimate of drug-likeness (QED) is 0.457. The Hall–Kier alpha value is -3.51. The highest BCUT2D eigenvalue weighted by Crippen LogP contribution is 2.27. The summed E-state index contributed by atoms with van der Waals surface area (Å²) < 4.78 is 0. The van der Waals surface area contributed by atoms with Gasteiger partial charge in [-0.3, -0.25) is 0 Å². The molecular weight excluding hydrogens is 400 g/mol. The van der Waals surface area contributed by atoms with E-state index in [1.165, 1.54) is 0 Å². The summed E-state index contributed by atoms with van der Waals surface area (Å²) in [5.41, 5.74) is 2.68. The van der Waals surface area contributed by atoms with Crippen molar-refractivity contribution in [3.8, 4) is 0 Å². The zero-order chi connectivity index (χ0) is 21.5. The van der Waals surface area contributed by atoms with Crippen molar-refractivity contribution >= 4 is 40.7 Å². The number of rotatable bonds is 5. The second kappa shape index (κ2) is 9.80. The maximum absolute atomic E-state index is 12.7. The molecular formula is C23H23ClN4O2. The molecule has 0 bridgehead atoms. The summed E-state index contributed by atoms with van der Waals surface area (Å²) in [6.07, 6.45) is 0. The summed E-state index contributed by atoms with van der Waals surface area (Å²) in [6.45, 7) is 1.91. The molecule has 1 atom stereocenters. The van der Waals surface area contributed by atoms with Crippen LogP contribution in [0.3, 0.4) is 0 Å². The fourth-order valence-corrected chi connectivity index (χ4v) is 3.19. The minimum absolute atomic E-state index is 0.211. The Kier molecular flexibility index (Phi) is 6.93. The predicted molar refractivity (Wildman–Crippen MR) is 122 cm³/mol. The van der Waals surface area contributed by atoms with Gasteiger partial charge in [-0.2, -0.15) is 0 Å². The Morgan fingerprint density at radius 1 is 0.800 bits per heavy atom. The van der Waals surface area contributed by atoms with Crippen molar-refractivity contribution in [2.75, 3.05) is 23.0 Å². The average Bonchev–Trinajstić information content (AvgIpc) is 2.74. The number of benzene rings is 3. The molecule has 6 nitrogen and oxygen atoms in total. The van der Waals surface area contributed by atoms with Crippen LogP contribution in [0.25, 0.3) is 0 Å². The molecule has 0 fully saturated rings. The second-order valence-electron chi connectivity index (χ2n) is 6.76. The largest absolute Gasteiger partial charge is 0.323 e. The standard InChI is InChI=1S/C23H23ClN4O2/c1-16(20-13-6-7-14-21(20)24)28(2)23(30)27-19-12-8-11-18(15-19)26-22(29)25-17-9-4-3-5-10-17/h3-16H,1-2H3,(H,27,30)(H2,25,26,29). The third kappa shape index (κ3) is 5.52. The topological polar surface area (TPSA) is 73.5 Å². The van der Waals surface area contributed by atoms with E-state index in [1.54, 1.807) is 54.4 Å². The van der Waals surface area contributed by atoms with E-state index in [9.17, 15) is 9.59 Å². The Balaban J connectivity index is 1.62. The van der Waals surface area contributed by atoms with Crippen molar-refractivity contribution in [2.45, 2.75) is 13.0 Å². The molecule has 3 aromatic rings. The first-order valence-electron chi connectivity index (χ1n) is 9.45. The number of urea groups is 2. The highest BCUT2D eigenvalue weighted by Gasteiger charge is 2.19. The number of carbonyl (C=O) groups is 2. The van der Waals surface area contributed by atoms with Crippen molar-refractivity contribution in [1.82, 2.24) is 4.90 Å². The van der Waals surface area contributed by atoms with Crippen LogP contribution in [0.15, 0.2) is 78.9 Å². The van der Waals surface area contributed by atoms with Crippen LogP contribution in [0.5, 0.6) is 0 Å². The van der Waals surface area contributed by atoms with Crippen LogP contribution in [0, 0.1) is 0 Å². The van der Waals surface area contributed by atoms with E-state index < -0.39 is 0 Å². The van der Waals surface area contributed by atoms with E-state index in [0.717, 1.165) is 5.56 Å². The van der Waals surface area contributed by atoms with E-state index in [1.807, 2.05) is 43.3 Å². The number of nitrogens with zero attached hydrogens (tertiary/aromatic N) is 1. The van der Waals surface area contributed by atoms with Crippen molar-refractivity contribution in [3.63, 3.8) is 0 Å². The molecule has 3 rings (SSSR count). The molecule has 0 aromatic heterocycles. The van der Waals surface area contributed by atoms with Gasteiger partial charge in [0.25, 0.3) is 0 Å². The lowest BCUT2D eigenvalue weighted by molar-refractivity contribution is 0.208. The number of hydrogen-bond acceptors (Lipinski definition) is 2. The number of amides is 4. The summed E-state index contributed by atoms with van der Waals surface area (Å²) in [6, 6.07) is 22.7. The molecule has 4 amide bonds. The third-order valence-electron chi connectivity index (χ3n) is 4.66. The highest BCUT2D eigenvalue weighted by molar-refractivity contribution is 6.31. The summed E-state index contributed by atoms with van der Waals surface area (Å²) in [5.74, 6) is 0. The second-order valence-corrected chi connectivity index (χ2v) is 7.17. The van der Waals surface area contributed by atoms with Gasteiger partial charge in [0.1, 0.15) is 0 Å². The molecule has 7 heteroatoms. The van der Waals surface area contributed by atoms with Gasteiger partial charge >= 0.3 is 12.1 Å². The highest BCUT2D eigenvalue weighted by atomic mass is 35.5. The predicted octanol–water partition coefficient (Wildman–Crippen LogP) is 6.21. The molecule has 30 heavy (non-hydrogen) atoms. The number of hydrogen-bond donors (Lipinski definition) is 3. The Morgan fingerprint density at radius 3 is 2.07 bits per heavy atom. The van der Waals surface area contributed by atoms with Gasteiger partial charge in [-0.05, 0) is 48.9 Å². The van der Waals surface area contributed by atoms with Crippen LogP contribution < -0.4 is 16.0 Å². The first kappa shape index (κ1) is 21.2. The van der Waals surface area contributed by atoms with Crippen LogP contribution in [0.4, 0.5) is 26.7 Å². The van der Waals surface area contributed by atoms with Crippen molar-refractivity contribution < 1.29 is 9.59 Å². The van der Waals surface area contributed by atoms with Gasteiger partial charge in [0.05, 0.1) is 6.04 Å². The Labute approximate surface area is 180 Å². The van der Waals surface area contributed by atoms with Crippen LogP contribution in [-0.4, -0.2) is 24.0 Å². The van der Waals surface area contributed by atoms with Crippen molar-refractivity contribution in [1.29, 1.82) is 0 Å². The molecule has 3 aromatic carbocycles. The maximum Gasteiger partial charge on any atom is 0.323 e. The average molecular weight is 423 g/mol. The molecule has 0 aliphatic rings. The number of nitrogens with one attached hydrogen (secondary N) is 3. The van der Waals surface area contributed by atoms with Gasteiger partial charge in [0.2, 0.25) is 0 Å². The summed E-state index contributed by atoms with van der Waals surface area (Å²) in [5, 5.41) is 8.96. The fourth-order valence-electron chi connectivity index (χ4n) is 2.90. The van der Waals surface area contributed by atoms with E-state index in [2.05, 4.69) is 16.0 Å². The molecule has 3 N–H and O–H groups in total. The lowest BCUT2D eigenvalue weighted by Gasteiger charge is -2.26. The summed E-state index contributed by atoms with van der Waals surface area (Å²) in [7, 11) is 1.71. The zero-order valence-corrected chi connectivity index (χ0v) is 17.5. The molecule has 0 radical (unpaired) electrons. The fraction of sp³-hybridized carbons (Fsp3) is 0.130. The summed E-state index contributed by atoms with van der Waals surface area (Å²) >= 11 is 6.25. The molecule has 154 valence electrons. The molecule has 1 unspecified atom stereocenters. The van der Waals surface area contributed by atoms with Crippen molar-refractivity contribution in [3.05, 3.63) is 89.4 Å². The van der Waals surface area contributed by atoms with Gasteiger partial charge in [-0.1, -0.05) is 54.1 Å². The third-order valence-corrected chi connectivity index (χ3v) is 5.00. The van der Waals surface area contributed by atoms with E-state index in [0.29, 0.717) is 22.1 Å². The molecule has 0 heterocycles. The Morgan fingerprint density at radius 2 is 1.37 bits per heavy atom. The molecule has 0 aliphatic heterocycles. The minimum atomic E-state index is -0.367. The number of halogens is 1. The minimum Gasteiger partial charge on any atom is -0.321 e.